The fourth-order valence-electron chi connectivity index (χ4n) is 4.79. The summed E-state index contributed by atoms with van der Waals surface area (Å²) in [6.45, 7) is 8.28. The third-order valence-corrected chi connectivity index (χ3v) is 6.73. The van der Waals surface area contributed by atoms with E-state index in [9.17, 15) is 13.2 Å². The van der Waals surface area contributed by atoms with Crippen molar-refractivity contribution in [3.63, 3.8) is 0 Å². The Labute approximate surface area is 208 Å². The molecule has 0 saturated carbocycles. The molecule has 0 amide bonds. The number of aromatic nitrogens is 4. The van der Waals surface area contributed by atoms with Gasteiger partial charge in [0.15, 0.2) is 0 Å². The number of rotatable bonds is 4. The number of piperidine rings is 1. The average Bonchev–Trinajstić information content (AvgIpc) is 3.27. The Hall–Kier alpha value is -3.46. The molecule has 0 unspecified atom stereocenters. The van der Waals surface area contributed by atoms with E-state index in [1.165, 1.54) is 0 Å². The lowest BCUT2D eigenvalue weighted by Gasteiger charge is -2.41. The second kappa shape index (κ2) is 9.20. The Balaban J connectivity index is 1.50. The van der Waals surface area contributed by atoms with Crippen molar-refractivity contribution in [1.29, 1.82) is 0 Å². The fraction of sp³-hybridized carbons (Fsp3) is 0.370. The first-order valence-electron chi connectivity index (χ1n) is 12.1. The molecule has 1 fully saturated rings. The molecule has 36 heavy (non-hydrogen) atoms. The van der Waals surface area contributed by atoms with E-state index in [0.717, 1.165) is 48.8 Å². The van der Waals surface area contributed by atoms with Crippen LogP contribution in [0.1, 0.15) is 39.2 Å². The van der Waals surface area contributed by atoms with Gasteiger partial charge in [-0.3, -0.25) is 9.88 Å². The second-order valence-corrected chi connectivity index (χ2v) is 10.3. The number of H-pyrrole nitrogens is 1. The van der Waals surface area contributed by atoms with Crippen molar-refractivity contribution < 1.29 is 13.2 Å². The molecule has 0 bridgehead atoms. The third kappa shape index (κ3) is 4.93. The molecule has 6 nitrogen and oxygen atoms in total. The van der Waals surface area contributed by atoms with Gasteiger partial charge >= 0.3 is 6.18 Å². The number of pyridine rings is 1. The summed E-state index contributed by atoms with van der Waals surface area (Å²) in [4.78, 5) is 18.1. The number of fused-ring (bicyclic) bond motifs is 1. The van der Waals surface area contributed by atoms with Crippen molar-refractivity contribution in [2.45, 2.75) is 51.4 Å². The number of likely N-dealkylation sites (tertiary alicyclic amines) is 1. The van der Waals surface area contributed by atoms with Gasteiger partial charge in [-0.25, -0.2) is 9.97 Å². The maximum atomic E-state index is 14.0. The molecule has 1 aromatic carbocycles. The highest BCUT2D eigenvalue weighted by molar-refractivity contribution is 5.97. The number of alkyl halides is 3. The van der Waals surface area contributed by atoms with E-state index in [1.54, 1.807) is 18.6 Å². The number of aromatic amines is 1. The lowest BCUT2D eigenvalue weighted by atomic mass is 9.98. The van der Waals surface area contributed by atoms with Crippen molar-refractivity contribution in [3.05, 3.63) is 60.7 Å². The molecule has 3 aromatic heterocycles. The minimum absolute atomic E-state index is 0.0191. The van der Waals surface area contributed by atoms with Crippen LogP contribution in [0.25, 0.3) is 33.3 Å². The van der Waals surface area contributed by atoms with Crippen LogP contribution in [-0.2, 0) is 6.18 Å². The zero-order valence-corrected chi connectivity index (χ0v) is 20.5. The van der Waals surface area contributed by atoms with Gasteiger partial charge in [0, 0.05) is 64.9 Å². The average molecular weight is 495 g/mol. The Morgan fingerprint density at radius 3 is 2.64 bits per heavy atom. The summed E-state index contributed by atoms with van der Waals surface area (Å²) in [6.07, 6.45) is 3.25. The zero-order valence-electron chi connectivity index (χ0n) is 20.5. The first-order valence-corrected chi connectivity index (χ1v) is 12.1. The Morgan fingerprint density at radius 1 is 1.08 bits per heavy atom. The molecule has 4 heterocycles. The topological polar surface area (TPSA) is 69.7 Å². The van der Waals surface area contributed by atoms with Gasteiger partial charge in [0.1, 0.15) is 5.56 Å². The van der Waals surface area contributed by atoms with E-state index in [-0.39, 0.29) is 23.2 Å². The van der Waals surface area contributed by atoms with Gasteiger partial charge in [-0.05, 0) is 57.9 Å². The third-order valence-electron chi connectivity index (χ3n) is 6.73. The Kier molecular flexibility index (Phi) is 6.20. The fourth-order valence-corrected chi connectivity index (χ4v) is 4.79. The molecular formula is C27H29F3N6. The van der Waals surface area contributed by atoms with Crippen molar-refractivity contribution in [2.75, 3.05) is 18.4 Å². The van der Waals surface area contributed by atoms with Crippen LogP contribution in [0.5, 0.6) is 0 Å². The van der Waals surface area contributed by atoms with Gasteiger partial charge in [-0.1, -0.05) is 18.2 Å². The van der Waals surface area contributed by atoms with Crippen molar-refractivity contribution >= 4 is 16.9 Å². The summed E-state index contributed by atoms with van der Waals surface area (Å²) in [5, 5.41) is 3.96. The Bertz CT molecular complexity index is 1360. The number of nitrogens with zero attached hydrogens (tertiary/aromatic N) is 4. The van der Waals surface area contributed by atoms with Gasteiger partial charge in [0.05, 0.1) is 5.69 Å². The minimum Gasteiger partial charge on any atom is -0.360 e. The van der Waals surface area contributed by atoms with Gasteiger partial charge < -0.3 is 10.3 Å². The normalized spacial score (nSPS) is 17.4. The van der Waals surface area contributed by atoms with Crippen LogP contribution >= 0.6 is 0 Å². The summed E-state index contributed by atoms with van der Waals surface area (Å²) in [5.41, 5.74) is 1.99. The zero-order chi connectivity index (χ0) is 25.5. The molecule has 4 aromatic rings. The second-order valence-electron chi connectivity index (χ2n) is 10.3. The molecule has 188 valence electrons. The predicted molar refractivity (Wildman–Crippen MR) is 136 cm³/mol. The van der Waals surface area contributed by atoms with Crippen molar-refractivity contribution in [2.24, 2.45) is 0 Å². The van der Waals surface area contributed by atoms with Crippen molar-refractivity contribution in [1.82, 2.24) is 24.8 Å². The first-order chi connectivity index (χ1) is 17.1. The summed E-state index contributed by atoms with van der Waals surface area (Å²) in [5.74, 6) is 0.208. The quantitative estimate of drug-likeness (QED) is 0.345. The summed E-state index contributed by atoms with van der Waals surface area (Å²) < 4.78 is 41.9. The van der Waals surface area contributed by atoms with E-state index in [1.807, 2.05) is 30.3 Å². The van der Waals surface area contributed by atoms with E-state index < -0.39 is 11.7 Å². The van der Waals surface area contributed by atoms with E-state index >= 15 is 0 Å². The predicted octanol–water partition coefficient (Wildman–Crippen LogP) is 6.38. The number of benzene rings is 1. The lowest BCUT2D eigenvalue weighted by molar-refractivity contribution is -0.137. The van der Waals surface area contributed by atoms with Crippen LogP contribution in [0.3, 0.4) is 0 Å². The van der Waals surface area contributed by atoms with E-state index in [4.69, 9.17) is 0 Å². The molecular weight excluding hydrogens is 465 g/mol. The smallest absolute Gasteiger partial charge is 0.360 e. The Morgan fingerprint density at radius 2 is 1.92 bits per heavy atom. The highest BCUT2D eigenvalue weighted by Crippen LogP contribution is 2.39. The molecule has 0 spiro atoms. The number of anilines is 1. The van der Waals surface area contributed by atoms with E-state index in [2.05, 4.69) is 50.9 Å². The molecule has 1 saturated heterocycles. The molecule has 0 aliphatic carbocycles. The largest absolute Gasteiger partial charge is 0.419 e. The minimum atomic E-state index is -4.58. The molecule has 5 rings (SSSR count). The maximum Gasteiger partial charge on any atom is 0.419 e. The molecule has 1 atom stereocenters. The van der Waals surface area contributed by atoms with E-state index in [0.29, 0.717) is 10.9 Å². The summed E-state index contributed by atoms with van der Waals surface area (Å²) in [7, 11) is 0. The SMILES string of the molecule is CC(C)(C)N1CCC[C@H](Nc2ncc(C(F)(F)F)c(-c3c[nH]c4cc(-c5cccnc5)ccc34)n2)C1. The van der Waals surface area contributed by atoms with Crippen LogP contribution < -0.4 is 5.32 Å². The number of hydrogen-bond donors (Lipinski definition) is 2. The lowest BCUT2D eigenvalue weighted by Crippen LogP contribution is -2.50. The summed E-state index contributed by atoms with van der Waals surface area (Å²) in [6, 6.07) is 9.46. The number of nitrogens with one attached hydrogen (secondary N) is 2. The standard InChI is InChI=1S/C27H29F3N6/c1-26(2,3)36-11-5-7-19(16-36)34-25-33-15-22(27(28,29)30)24(35-25)21-14-32-23-12-17(8-9-20(21)23)18-6-4-10-31-13-18/h4,6,8-10,12-15,19,32H,5,7,11,16H2,1-3H3,(H,33,34,35)/t19-/m0/s1. The van der Waals surface area contributed by atoms with Gasteiger partial charge in [-0.15, -0.1) is 0 Å². The number of hydrogen-bond acceptors (Lipinski definition) is 5. The molecule has 2 N–H and O–H groups in total. The van der Waals surface area contributed by atoms with Crippen LogP contribution in [0.15, 0.2) is 55.1 Å². The number of halogens is 3. The van der Waals surface area contributed by atoms with Crippen LogP contribution in [0.4, 0.5) is 19.1 Å². The van der Waals surface area contributed by atoms with Crippen molar-refractivity contribution in [3.8, 4) is 22.4 Å². The first kappa shape index (κ1) is 24.2. The highest BCUT2D eigenvalue weighted by atomic mass is 19.4. The monoisotopic (exact) mass is 494 g/mol. The van der Waals surface area contributed by atoms with Crippen LogP contribution in [0, 0.1) is 0 Å². The molecule has 9 heteroatoms. The van der Waals surface area contributed by atoms with Crippen LogP contribution in [-0.4, -0.2) is 49.5 Å². The highest BCUT2D eigenvalue weighted by Gasteiger charge is 2.36. The molecule has 1 aliphatic rings. The maximum absolute atomic E-state index is 14.0. The summed E-state index contributed by atoms with van der Waals surface area (Å²) >= 11 is 0. The molecule has 1 aliphatic heterocycles. The van der Waals surface area contributed by atoms with Gasteiger partial charge in [-0.2, -0.15) is 13.2 Å². The van der Waals surface area contributed by atoms with Gasteiger partial charge in [0.2, 0.25) is 5.95 Å². The van der Waals surface area contributed by atoms with Crippen LogP contribution in [0.2, 0.25) is 0 Å². The van der Waals surface area contributed by atoms with Gasteiger partial charge in [0.25, 0.3) is 0 Å². The molecule has 0 radical (unpaired) electrons.